The zero-order chi connectivity index (χ0) is 19.8. The number of fused-ring (bicyclic) bond motifs is 5. The topological polar surface area (TPSA) is 91.7 Å². The Bertz CT molecular complexity index is 795. The van der Waals surface area contributed by atoms with Crippen molar-refractivity contribution < 1.29 is 24.6 Å². The second-order valence-corrected chi connectivity index (χ2v) is 9.60. The van der Waals surface area contributed by atoms with Crippen molar-refractivity contribution in [2.45, 2.75) is 58.5 Å². The number of Topliss-reactive ketones (excluding diaryl/α,β-unsaturated/α-hetero) is 1. The van der Waals surface area contributed by atoms with Gasteiger partial charge in [-0.25, -0.2) is 4.79 Å². The van der Waals surface area contributed by atoms with Crippen LogP contribution in [0.25, 0.3) is 0 Å². The van der Waals surface area contributed by atoms with E-state index < -0.39 is 22.8 Å². The second-order valence-electron chi connectivity index (χ2n) is 9.60. The van der Waals surface area contributed by atoms with Crippen LogP contribution < -0.4 is 0 Å². The van der Waals surface area contributed by atoms with Gasteiger partial charge in [0, 0.05) is 10.8 Å². The minimum atomic E-state index is -1.80. The first-order chi connectivity index (χ1) is 12.6. The molecule has 146 valence electrons. The molecule has 0 aromatic carbocycles. The van der Waals surface area contributed by atoms with Gasteiger partial charge in [-0.05, 0) is 67.9 Å². The van der Waals surface area contributed by atoms with Crippen molar-refractivity contribution in [2.75, 3.05) is 0 Å². The summed E-state index contributed by atoms with van der Waals surface area (Å²) in [7, 11) is 0. The minimum Gasteiger partial charge on any atom is -0.475 e. The minimum absolute atomic E-state index is 0.0532. The number of allylic oxidation sites excluding steroid dienone is 4. The summed E-state index contributed by atoms with van der Waals surface area (Å²) in [6.45, 7) is 5.94. The second kappa shape index (κ2) is 5.63. The predicted molar refractivity (Wildman–Crippen MR) is 98.8 cm³/mol. The molecule has 4 aliphatic carbocycles. The SMILES string of the molecule is CC1C[C@H]2[C@@H]3CCC4=CC(=O)C=C[C@]4(C)[C@H]3CC[C@]2(C)[C@@]1(O)C(=O)C(=O)O. The highest BCUT2D eigenvalue weighted by Crippen LogP contribution is 2.68. The molecule has 5 nitrogen and oxygen atoms in total. The van der Waals surface area contributed by atoms with Crippen LogP contribution in [0.1, 0.15) is 52.9 Å². The largest absolute Gasteiger partial charge is 0.475 e. The van der Waals surface area contributed by atoms with Crippen molar-refractivity contribution in [3.63, 3.8) is 0 Å². The molecule has 7 atom stereocenters. The van der Waals surface area contributed by atoms with Crippen LogP contribution in [0.2, 0.25) is 0 Å². The predicted octanol–water partition coefficient (Wildman–Crippen LogP) is 2.93. The van der Waals surface area contributed by atoms with Gasteiger partial charge in [0.15, 0.2) is 5.78 Å². The number of aliphatic hydroxyl groups is 1. The summed E-state index contributed by atoms with van der Waals surface area (Å²) in [5.41, 5.74) is -1.47. The number of carboxylic acids is 1. The van der Waals surface area contributed by atoms with Crippen molar-refractivity contribution >= 4 is 17.5 Å². The Morgan fingerprint density at radius 2 is 1.89 bits per heavy atom. The lowest BCUT2D eigenvalue weighted by Gasteiger charge is -2.57. The first-order valence-corrected chi connectivity index (χ1v) is 10.00. The van der Waals surface area contributed by atoms with Gasteiger partial charge in [-0.15, -0.1) is 0 Å². The summed E-state index contributed by atoms with van der Waals surface area (Å²) in [5, 5.41) is 20.7. The molecule has 0 bridgehead atoms. The van der Waals surface area contributed by atoms with E-state index in [9.17, 15) is 24.6 Å². The van der Waals surface area contributed by atoms with Crippen molar-refractivity contribution in [1.29, 1.82) is 0 Å². The molecular formula is C22H28O5. The van der Waals surface area contributed by atoms with Crippen LogP contribution in [0, 0.1) is 34.5 Å². The molecule has 3 fully saturated rings. The number of hydrogen-bond donors (Lipinski definition) is 2. The van der Waals surface area contributed by atoms with Gasteiger partial charge in [0.05, 0.1) is 0 Å². The lowest BCUT2D eigenvalue weighted by Crippen LogP contribution is -2.60. The lowest BCUT2D eigenvalue weighted by atomic mass is 9.47. The molecule has 0 aromatic rings. The van der Waals surface area contributed by atoms with Gasteiger partial charge in [-0.3, -0.25) is 9.59 Å². The summed E-state index contributed by atoms with van der Waals surface area (Å²) >= 11 is 0. The molecule has 0 heterocycles. The van der Waals surface area contributed by atoms with E-state index in [0.717, 1.165) is 19.3 Å². The van der Waals surface area contributed by atoms with Crippen molar-refractivity contribution in [1.82, 2.24) is 0 Å². The molecule has 4 aliphatic rings. The molecule has 1 unspecified atom stereocenters. The number of carbonyl (C=O) groups is 3. The Labute approximate surface area is 159 Å². The third-order valence-electron chi connectivity index (χ3n) is 8.68. The average Bonchev–Trinajstić information content (AvgIpc) is 2.83. The standard InChI is InChI=1S/C22H28O5/c1-12-10-17-15-5-4-13-11-14(23)6-8-20(13,2)16(15)7-9-21(17,3)22(12,27)18(24)19(25)26/h6,8,11-12,15-17,27H,4-5,7,9-10H2,1-3H3,(H,25,26)/t12?,15-,16+,17+,20+,21+,22+/m1/s1. The van der Waals surface area contributed by atoms with Gasteiger partial charge >= 0.3 is 5.97 Å². The Morgan fingerprint density at radius 1 is 1.19 bits per heavy atom. The smallest absolute Gasteiger partial charge is 0.375 e. The maximum Gasteiger partial charge on any atom is 0.375 e. The first-order valence-electron chi connectivity index (χ1n) is 10.00. The summed E-state index contributed by atoms with van der Waals surface area (Å²) < 4.78 is 0. The van der Waals surface area contributed by atoms with E-state index in [2.05, 4.69) is 13.0 Å². The number of carboxylic acid groups (broad SMARTS) is 1. The number of carbonyl (C=O) groups excluding carboxylic acids is 2. The van der Waals surface area contributed by atoms with Crippen LogP contribution in [-0.2, 0) is 14.4 Å². The van der Waals surface area contributed by atoms with Crippen molar-refractivity contribution in [2.24, 2.45) is 34.5 Å². The maximum absolute atomic E-state index is 12.5. The maximum atomic E-state index is 12.5. The number of aliphatic carboxylic acids is 1. The van der Waals surface area contributed by atoms with Gasteiger partial charge in [-0.2, -0.15) is 0 Å². The van der Waals surface area contributed by atoms with Crippen molar-refractivity contribution in [3.05, 3.63) is 23.8 Å². The third kappa shape index (κ3) is 2.18. The van der Waals surface area contributed by atoms with E-state index >= 15 is 0 Å². The zero-order valence-electron chi connectivity index (χ0n) is 16.2. The van der Waals surface area contributed by atoms with E-state index in [1.165, 1.54) is 5.57 Å². The molecule has 4 rings (SSSR count). The number of hydrogen-bond acceptors (Lipinski definition) is 4. The fourth-order valence-electron chi connectivity index (χ4n) is 7.19. The van der Waals surface area contributed by atoms with Gasteiger partial charge in [-0.1, -0.05) is 32.4 Å². The van der Waals surface area contributed by atoms with Crippen LogP contribution in [0.3, 0.4) is 0 Å². The molecule has 0 aromatic heterocycles. The molecule has 0 spiro atoms. The molecule has 0 amide bonds. The van der Waals surface area contributed by atoms with E-state index in [0.29, 0.717) is 24.7 Å². The summed E-state index contributed by atoms with van der Waals surface area (Å²) in [4.78, 5) is 35.8. The third-order valence-corrected chi connectivity index (χ3v) is 8.68. The van der Waals surface area contributed by atoms with Crippen LogP contribution in [0.4, 0.5) is 0 Å². The van der Waals surface area contributed by atoms with E-state index in [4.69, 9.17) is 0 Å². The fourth-order valence-corrected chi connectivity index (χ4v) is 7.19. The zero-order valence-corrected chi connectivity index (χ0v) is 16.2. The molecular weight excluding hydrogens is 344 g/mol. The van der Waals surface area contributed by atoms with Crippen LogP contribution >= 0.6 is 0 Å². The molecule has 5 heteroatoms. The molecule has 2 N–H and O–H groups in total. The van der Waals surface area contributed by atoms with E-state index in [1.807, 2.05) is 13.8 Å². The molecule has 3 saturated carbocycles. The highest BCUT2D eigenvalue weighted by atomic mass is 16.4. The van der Waals surface area contributed by atoms with Gasteiger partial charge in [0.1, 0.15) is 5.60 Å². The van der Waals surface area contributed by atoms with Crippen LogP contribution in [0.5, 0.6) is 0 Å². The van der Waals surface area contributed by atoms with E-state index in [1.54, 1.807) is 12.2 Å². The van der Waals surface area contributed by atoms with Gasteiger partial charge < -0.3 is 10.2 Å². The lowest BCUT2D eigenvalue weighted by molar-refractivity contribution is -0.177. The fraction of sp³-hybridized carbons (Fsp3) is 0.682. The quantitative estimate of drug-likeness (QED) is 0.727. The molecule has 0 aliphatic heterocycles. The first kappa shape index (κ1) is 18.6. The monoisotopic (exact) mass is 372 g/mol. The van der Waals surface area contributed by atoms with Gasteiger partial charge in [0.2, 0.25) is 0 Å². The van der Waals surface area contributed by atoms with Gasteiger partial charge in [0.25, 0.3) is 5.78 Å². The van der Waals surface area contributed by atoms with E-state index in [-0.39, 0.29) is 23.0 Å². The highest BCUT2D eigenvalue weighted by molar-refractivity contribution is 6.36. The molecule has 0 radical (unpaired) electrons. The number of ketones is 2. The Balaban J connectivity index is 1.73. The Morgan fingerprint density at radius 3 is 2.56 bits per heavy atom. The Hall–Kier alpha value is -1.75. The molecule has 27 heavy (non-hydrogen) atoms. The number of rotatable bonds is 2. The van der Waals surface area contributed by atoms with Crippen LogP contribution in [-0.4, -0.2) is 33.3 Å². The van der Waals surface area contributed by atoms with Crippen molar-refractivity contribution in [3.8, 4) is 0 Å². The normalized spacial score (nSPS) is 48.3. The summed E-state index contributed by atoms with van der Waals surface area (Å²) in [5.74, 6) is -2.12. The van der Waals surface area contributed by atoms with Crippen LogP contribution in [0.15, 0.2) is 23.8 Å². The highest BCUT2D eigenvalue weighted by Gasteiger charge is 2.69. The summed E-state index contributed by atoms with van der Waals surface area (Å²) in [6.07, 6.45) is 9.40. The Kier molecular flexibility index (Phi) is 3.88. The average molecular weight is 372 g/mol. The molecule has 0 saturated heterocycles. The summed E-state index contributed by atoms with van der Waals surface area (Å²) in [6, 6.07) is 0.